The molecule has 3 heterocycles. The van der Waals surface area contributed by atoms with Crippen LogP contribution in [0.1, 0.15) is 32.7 Å². The molecule has 7 heteroatoms. The smallest absolute Gasteiger partial charge is 0.251 e. The lowest BCUT2D eigenvalue weighted by molar-refractivity contribution is 0.0950. The zero-order valence-electron chi connectivity index (χ0n) is 18.5. The standard InChI is InChI=1S/C27H24N6O/c28-14-19-11-22-9-17(2-4-25(22)32-16-19)12-23-13-21(6-7-30-23)27(34)33-15-18-1-3-24-20(10-18)5-8-31-26(24)29/h1-11,13,16H,12,14-15,28H2,(H2,29,31)(H,33,34). The van der Waals surface area contributed by atoms with Crippen molar-refractivity contribution in [2.24, 2.45) is 5.73 Å². The van der Waals surface area contributed by atoms with E-state index >= 15 is 0 Å². The van der Waals surface area contributed by atoms with Crippen molar-refractivity contribution in [1.82, 2.24) is 20.3 Å². The van der Waals surface area contributed by atoms with Gasteiger partial charge in [0.25, 0.3) is 5.91 Å². The van der Waals surface area contributed by atoms with Crippen LogP contribution in [0.15, 0.2) is 79.3 Å². The molecule has 1 amide bonds. The van der Waals surface area contributed by atoms with Crippen LogP contribution >= 0.6 is 0 Å². The maximum Gasteiger partial charge on any atom is 0.251 e. The van der Waals surface area contributed by atoms with E-state index in [1.54, 1.807) is 24.7 Å². The van der Waals surface area contributed by atoms with Gasteiger partial charge >= 0.3 is 0 Å². The number of nitrogens with one attached hydrogen (secondary N) is 1. The number of fused-ring (bicyclic) bond motifs is 2. The molecule has 168 valence electrons. The van der Waals surface area contributed by atoms with Crippen molar-refractivity contribution in [2.45, 2.75) is 19.5 Å². The highest BCUT2D eigenvalue weighted by atomic mass is 16.1. The van der Waals surface area contributed by atoms with Crippen LogP contribution < -0.4 is 16.8 Å². The minimum absolute atomic E-state index is 0.145. The summed E-state index contributed by atoms with van der Waals surface area (Å²) in [6.07, 6.45) is 5.77. The van der Waals surface area contributed by atoms with E-state index in [1.165, 1.54) is 0 Å². The van der Waals surface area contributed by atoms with E-state index in [0.717, 1.165) is 44.1 Å². The first-order valence-electron chi connectivity index (χ1n) is 11.0. The van der Waals surface area contributed by atoms with Crippen molar-refractivity contribution in [3.63, 3.8) is 0 Å². The van der Waals surface area contributed by atoms with E-state index < -0.39 is 0 Å². The van der Waals surface area contributed by atoms with Crippen molar-refractivity contribution >= 4 is 33.4 Å². The second kappa shape index (κ2) is 9.25. The van der Waals surface area contributed by atoms with Crippen LogP contribution in [0, 0.1) is 0 Å². The highest BCUT2D eigenvalue weighted by Crippen LogP contribution is 2.20. The third kappa shape index (κ3) is 4.55. The number of aromatic nitrogens is 3. The zero-order valence-corrected chi connectivity index (χ0v) is 18.5. The molecule has 0 spiro atoms. The Kier molecular flexibility index (Phi) is 5.84. The number of carbonyl (C=O) groups is 1. The van der Waals surface area contributed by atoms with Gasteiger partial charge in [-0.25, -0.2) is 4.98 Å². The minimum Gasteiger partial charge on any atom is -0.383 e. The number of nitrogens with two attached hydrogens (primary N) is 2. The topological polar surface area (TPSA) is 120 Å². The van der Waals surface area contributed by atoms with Crippen LogP contribution in [0.3, 0.4) is 0 Å². The first-order chi connectivity index (χ1) is 16.6. The van der Waals surface area contributed by atoms with Gasteiger partial charge in [-0.2, -0.15) is 0 Å². The minimum atomic E-state index is -0.145. The highest BCUT2D eigenvalue weighted by Gasteiger charge is 2.09. The lowest BCUT2D eigenvalue weighted by atomic mass is 10.0. The molecule has 0 fully saturated rings. The fraction of sp³-hybridized carbons (Fsp3) is 0.111. The molecule has 7 nitrogen and oxygen atoms in total. The van der Waals surface area contributed by atoms with E-state index in [1.807, 2.05) is 42.5 Å². The summed E-state index contributed by atoms with van der Waals surface area (Å²) in [4.78, 5) is 25.8. The zero-order chi connectivity index (χ0) is 23.5. The molecule has 0 aliphatic carbocycles. The van der Waals surface area contributed by atoms with Crippen molar-refractivity contribution in [2.75, 3.05) is 5.73 Å². The second-order valence-corrected chi connectivity index (χ2v) is 8.22. The number of carbonyl (C=O) groups excluding carboxylic acids is 1. The summed E-state index contributed by atoms with van der Waals surface area (Å²) in [5.74, 6) is 0.355. The summed E-state index contributed by atoms with van der Waals surface area (Å²) in [7, 11) is 0. The molecule has 5 aromatic rings. The van der Waals surface area contributed by atoms with Gasteiger partial charge in [-0.1, -0.05) is 18.2 Å². The summed E-state index contributed by atoms with van der Waals surface area (Å²) >= 11 is 0. The summed E-state index contributed by atoms with van der Waals surface area (Å²) < 4.78 is 0. The summed E-state index contributed by atoms with van der Waals surface area (Å²) in [5.41, 5.74) is 17.1. The molecule has 0 aliphatic rings. The highest BCUT2D eigenvalue weighted by molar-refractivity contribution is 5.94. The molecule has 0 saturated heterocycles. The fourth-order valence-corrected chi connectivity index (χ4v) is 4.02. The normalized spacial score (nSPS) is 11.1. The summed E-state index contributed by atoms with van der Waals surface area (Å²) in [5, 5.41) is 5.93. The Morgan fingerprint density at radius 2 is 1.62 bits per heavy atom. The van der Waals surface area contributed by atoms with Crippen LogP contribution in [0.25, 0.3) is 21.7 Å². The van der Waals surface area contributed by atoms with Gasteiger partial charge in [0.1, 0.15) is 5.82 Å². The second-order valence-electron chi connectivity index (χ2n) is 8.22. The van der Waals surface area contributed by atoms with Crippen LogP contribution in [-0.4, -0.2) is 20.9 Å². The van der Waals surface area contributed by atoms with Crippen LogP contribution in [0.5, 0.6) is 0 Å². The van der Waals surface area contributed by atoms with Crippen molar-refractivity contribution < 1.29 is 4.79 Å². The van der Waals surface area contributed by atoms with Gasteiger partial charge in [-0.3, -0.25) is 14.8 Å². The molecule has 0 aliphatic heterocycles. The first-order valence-corrected chi connectivity index (χ1v) is 11.0. The van der Waals surface area contributed by atoms with Crippen molar-refractivity contribution in [3.8, 4) is 0 Å². The average molecular weight is 449 g/mol. The molecular weight excluding hydrogens is 424 g/mol. The Hall–Kier alpha value is -4.36. The Labute approximate surface area is 196 Å². The number of rotatable bonds is 6. The lowest BCUT2D eigenvalue weighted by Gasteiger charge is -2.09. The third-order valence-electron chi connectivity index (χ3n) is 5.81. The number of amides is 1. The van der Waals surface area contributed by atoms with Gasteiger partial charge in [0, 0.05) is 60.1 Å². The van der Waals surface area contributed by atoms with E-state index in [0.29, 0.717) is 30.9 Å². The number of pyridine rings is 3. The Morgan fingerprint density at radius 1 is 0.824 bits per heavy atom. The molecule has 34 heavy (non-hydrogen) atoms. The van der Waals surface area contributed by atoms with Crippen LogP contribution in [0.2, 0.25) is 0 Å². The van der Waals surface area contributed by atoms with E-state index in [2.05, 4.69) is 32.4 Å². The number of hydrogen-bond donors (Lipinski definition) is 3. The van der Waals surface area contributed by atoms with Gasteiger partial charge in [0.05, 0.1) is 5.52 Å². The maximum absolute atomic E-state index is 12.8. The quantitative estimate of drug-likeness (QED) is 0.364. The Bertz CT molecular complexity index is 1510. The molecule has 0 radical (unpaired) electrons. The number of hydrogen-bond acceptors (Lipinski definition) is 6. The SMILES string of the molecule is NCc1cnc2ccc(Cc3cc(C(=O)NCc4ccc5c(N)nccc5c4)ccn3)cc2c1. The Morgan fingerprint density at radius 3 is 2.50 bits per heavy atom. The molecular formula is C27H24N6O. The maximum atomic E-state index is 12.8. The van der Waals surface area contributed by atoms with Gasteiger partial charge in [-0.15, -0.1) is 0 Å². The first kappa shape index (κ1) is 21.5. The lowest BCUT2D eigenvalue weighted by Crippen LogP contribution is -2.23. The largest absolute Gasteiger partial charge is 0.383 e. The van der Waals surface area contributed by atoms with E-state index in [-0.39, 0.29) is 5.91 Å². The summed E-state index contributed by atoms with van der Waals surface area (Å²) in [6, 6.07) is 19.5. The predicted octanol–water partition coefficient (Wildman–Crippen LogP) is 3.74. The monoisotopic (exact) mass is 448 g/mol. The molecule has 0 bridgehead atoms. The van der Waals surface area contributed by atoms with Crippen molar-refractivity contribution in [1.29, 1.82) is 0 Å². The third-order valence-corrected chi connectivity index (χ3v) is 5.81. The molecule has 0 saturated carbocycles. The molecule has 0 atom stereocenters. The molecule has 5 rings (SSSR count). The average Bonchev–Trinajstić information content (AvgIpc) is 2.87. The van der Waals surface area contributed by atoms with Crippen molar-refractivity contribution in [3.05, 3.63) is 107 Å². The number of anilines is 1. The van der Waals surface area contributed by atoms with Crippen LogP contribution in [0.4, 0.5) is 5.82 Å². The molecule has 2 aromatic carbocycles. The number of nitrogens with zero attached hydrogens (tertiary/aromatic N) is 3. The molecule has 5 N–H and O–H groups in total. The van der Waals surface area contributed by atoms with E-state index in [4.69, 9.17) is 11.5 Å². The fourth-order valence-electron chi connectivity index (χ4n) is 4.02. The van der Waals surface area contributed by atoms with Gasteiger partial charge in [0.2, 0.25) is 0 Å². The van der Waals surface area contributed by atoms with E-state index in [9.17, 15) is 4.79 Å². The summed E-state index contributed by atoms with van der Waals surface area (Å²) in [6.45, 7) is 0.867. The van der Waals surface area contributed by atoms with Crippen LogP contribution in [-0.2, 0) is 19.5 Å². The van der Waals surface area contributed by atoms with Gasteiger partial charge < -0.3 is 16.8 Å². The number of benzene rings is 2. The predicted molar refractivity (Wildman–Crippen MR) is 134 cm³/mol. The van der Waals surface area contributed by atoms with Gasteiger partial charge in [-0.05, 0) is 64.5 Å². The van der Waals surface area contributed by atoms with Gasteiger partial charge in [0.15, 0.2) is 0 Å². The Balaban J connectivity index is 1.29. The molecule has 3 aromatic heterocycles. The number of nitrogen functional groups attached to an aromatic ring is 1. The molecule has 0 unspecified atom stereocenters.